The summed E-state index contributed by atoms with van der Waals surface area (Å²) in [6, 6.07) is 20.6. The van der Waals surface area contributed by atoms with Crippen molar-refractivity contribution in [2.45, 2.75) is 32.2 Å². The van der Waals surface area contributed by atoms with Gasteiger partial charge in [-0.2, -0.15) is 5.10 Å². The SMILES string of the molecule is Cc1cccc(-c2cc(C3CCN(C(=O)NCc4ccccc4)CC3)[nH]n2)c1. The summed E-state index contributed by atoms with van der Waals surface area (Å²) in [6.07, 6.45) is 1.91. The molecule has 2 heterocycles. The number of nitrogens with zero attached hydrogens (tertiary/aromatic N) is 2. The van der Waals surface area contributed by atoms with Crippen molar-refractivity contribution >= 4 is 6.03 Å². The molecular weight excluding hydrogens is 348 g/mol. The predicted octanol–water partition coefficient (Wildman–Crippen LogP) is 4.47. The zero-order valence-electron chi connectivity index (χ0n) is 16.2. The van der Waals surface area contributed by atoms with Crippen LogP contribution in [0, 0.1) is 6.92 Å². The van der Waals surface area contributed by atoms with Gasteiger partial charge in [0.25, 0.3) is 0 Å². The molecule has 1 saturated heterocycles. The van der Waals surface area contributed by atoms with Gasteiger partial charge in [0.15, 0.2) is 0 Å². The quantitative estimate of drug-likeness (QED) is 0.708. The van der Waals surface area contributed by atoms with Crippen LogP contribution in [0.1, 0.15) is 35.6 Å². The van der Waals surface area contributed by atoms with Gasteiger partial charge in [0.2, 0.25) is 0 Å². The van der Waals surface area contributed by atoms with E-state index in [0.717, 1.165) is 42.8 Å². The molecule has 1 aliphatic rings. The molecule has 5 nitrogen and oxygen atoms in total. The molecule has 0 spiro atoms. The molecule has 1 fully saturated rings. The van der Waals surface area contributed by atoms with Gasteiger partial charge in [-0.1, -0.05) is 54.1 Å². The molecule has 1 aliphatic heterocycles. The number of aromatic nitrogens is 2. The van der Waals surface area contributed by atoms with Crippen LogP contribution in [0.5, 0.6) is 0 Å². The van der Waals surface area contributed by atoms with Crippen molar-refractivity contribution in [2.24, 2.45) is 0 Å². The number of nitrogens with one attached hydrogen (secondary N) is 2. The highest BCUT2D eigenvalue weighted by atomic mass is 16.2. The van der Waals surface area contributed by atoms with Gasteiger partial charge in [0.05, 0.1) is 5.69 Å². The highest BCUT2D eigenvalue weighted by molar-refractivity contribution is 5.74. The minimum Gasteiger partial charge on any atom is -0.334 e. The molecule has 144 valence electrons. The van der Waals surface area contributed by atoms with Crippen molar-refractivity contribution in [2.75, 3.05) is 13.1 Å². The van der Waals surface area contributed by atoms with E-state index in [9.17, 15) is 4.79 Å². The second kappa shape index (κ2) is 8.30. The number of amides is 2. The van der Waals surface area contributed by atoms with Crippen LogP contribution < -0.4 is 5.32 Å². The van der Waals surface area contributed by atoms with E-state index in [4.69, 9.17) is 0 Å². The van der Waals surface area contributed by atoms with Gasteiger partial charge < -0.3 is 10.2 Å². The molecule has 1 aromatic heterocycles. The van der Waals surface area contributed by atoms with Gasteiger partial charge in [0, 0.05) is 36.8 Å². The average molecular weight is 374 g/mol. The van der Waals surface area contributed by atoms with Crippen LogP contribution >= 0.6 is 0 Å². The Balaban J connectivity index is 1.31. The molecule has 5 heteroatoms. The Kier molecular flexibility index (Phi) is 5.42. The summed E-state index contributed by atoms with van der Waals surface area (Å²) in [5, 5.41) is 10.7. The van der Waals surface area contributed by atoms with Crippen LogP contribution in [0.15, 0.2) is 60.7 Å². The van der Waals surface area contributed by atoms with Crippen molar-refractivity contribution in [3.63, 3.8) is 0 Å². The molecule has 28 heavy (non-hydrogen) atoms. The third kappa shape index (κ3) is 4.25. The molecule has 3 aromatic rings. The first-order valence-electron chi connectivity index (χ1n) is 9.88. The number of urea groups is 1. The van der Waals surface area contributed by atoms with Crippen molar-refractivity contribution in [3.8, 4) is 11.3 Å². The van der Waals surface area contributed by atoms with E-state index in [2.05, 4.69) is 52.8 Å². The van der Waals surface area contributed by atoms with Crippen LogP contribution in [0.2, 0.25) is 0 Å². The number of benzene rings is 2. The fourth-order valence-electron chi connectivity index (χ4n) is 3.78. The Morgan fingerprint density at radius 2 is 1.89 bits per heavy atom. The zero-order chi connectivity index (χ0) is 19.3. The largest absolute Gasteiger partial charge is 0.334 e. The fourth-order valence-corrected chi connectivity index (χ4v) is 3.78. The third-order valence-corrected chi connectivity index (χ3v) is 5.42. The lowest BCUT2D eigenvalue weighted by molar-refractivity contribution is 0.180. The lowest BCUT2D eigenvalue weighted by Gasteiger charge is -2.31. The third-order valence-electron chi connectivity index (χ3n) is 5.42. The van der Waals surface area contributed by atoms with Gasteiger partial charge >= 0.3 is 6.03 Å². The first-order valence-corrected chi connectivity index (χ1v) is 9.88. The van der Waals surface area contributed by atoms with Crippen LogP contribution in [0.4, 0.5) is 4.79 Å². The lowest BCUT2D eigenvalue weighted by Crippen LogP contribution is -2.43. The Labute approximate surface area is 165 Å². The normalized spacial score (nSPS) is 14.8. The van der Waals surface area contributed by atoms with Gasteiger partial charge in [-0.15, -0.1) is 0 Å². The first kappa shape index (κ1) is 18.3. The summed E-state index contributed by atoms with van der Waals surface area (Å²) in [5.41, 5.74) is 5.64. The number of hydrogen-bond acceptors (Lipinski definition) is 2. The van der Waals surface area contributed by atoms with E-state index in [1.54, 1.807) is 0 Å². The van der Waals surface area contributed by atoms with E-state index < -0.39 is 0 Å². The second-order valence-corrected chi connectivity index (χ2v) is 7.48. The van der Waals surface area contributed by atoms with Crippen molar-refractivity contribution in [3.05, 3.63) is 77.5 Å². The summed E-state index contributed by atoms with van der Waals surface area (Å²) in [5.74, 6) is 0.421. The van der Waals surface area contributed by atoms with Gasteiger partial charge in [-0.3, -0.25) is 5.10 Å². The Hall–Kier alpha value is -3.08. The Bertz CT molecular complexity index is 927. The highest BCUT2D eigenvalue weighted by Crippen LogP contribution is 2.29. The molecule has 0 saturated carbocycles. The van der Waals surface area contributed by atoms with Gasteiger partial charge in [0.1, 0.15) is 0 Å². The molecule has 2 aromatic carbocycles. The molecule has 2 N–H and O–H groups in total. The average Bonchev–Trinajstić information content (AvgIpc) is 3.23. The molecule has 0 aliphatic carbocycles. The van der Waals surface area contributed by atoms with Crippen molar-refractivity contribution in [1.29, 1.82) is 0 Å². The molecule has 0 bridgehead atoms. The maximum absolute atomic E-state index is 12.4. The molecule has 0 unspecified atom stereocenters. The molecule has 0 atom stereocenters. The smallest absolute Gasteiger partial charge is 0.317 e. The van der Waals surface area contributed by atoms with Crippen LogP contribution in [0.25, 0.3) is 11.3 Å². The maximum atomic E-state index is 12.4. The van der Waals surface area contributed by atoms with Crippen LogP contribution in [-0.4, -0.2) is 34.2 Å². The predicted molar refractivity (Wildman–Crippen MR) is 111 cm³/mol. The minimum atomic E-state index is 0.0207. The summed E-state index contributed by atoms with van der Waals surface area (Å²) in [7, 11) is 0. The van der Waals surface area contributed by atoms with Crippen molar-refractivity contribution < 1.29 is 4.79 Å². The van der Waals surface area contributed by atoms with Gasteiger partial charge in [-0.05, 0) is 37.5 Å². The van der Waals surface area contributed by atoms with E-state index in [0.29, 0.717) is 12.5 Å². The molecular formula is C23H26N4O. The molecule has 4 rings (SSSR count). The maximum Gasteiger partial charge on any atom is 0.317 e. The Morgan fingerprint density at radius 3 is 2.64 bits per heavy atom. The van der Waals surface area contributed by atoms with Crippen LogP contribution in [0.3, 0.4) is 0 Å². The molecule has 0 radical (unpaired) electrons. The number of likely N-dealkylation sites (tertiary alicyclic amines) is 1. The number of carbonyl (C=O) groups is 1. The Morgan fingerprint density at radius 1 is 1.11 bits per heavy atom. The summed E-state index contributed by atoms with van der Waals surface area (Å²) in [4.78, 5) is 14.3. The minimum absolute atomic E-state index is 0.0207. The number of hydrogen-bond donors (Lipinski definition) is 2. The number of aryl methyl sites for hydroxylation is 1. The summed E-state index contributed by atoms with van der Waals surface area (Å²) < 4.78 is 0. The number of carbonyl (C=O) groups excluding carboxylic acids is 1. The molecule has 2 amide bonds. The van der Waals surface area contributed by atoms with E-state index in [1.807, 2.05) is 35.2 Å². The zero-order valence-corrected chi connectivity index (χ0v) is 16.2. The van der Waals surface area contributed by atoms with E-state index >= 15 is 0 Å². The van der Waals surface area contributed by atoms with Gasteiger partial charge in [-0.25, -0.2) is 4.79 Å². The summed E-state index contributed by atoms with van der Waals surface area (Å²) >= 11 is 0. The fraction of sp³-hybridized carbons (Fsp3) is 0.304. The van der Waals surface area contributed by atoms with Crippen molar-refractivity contribution in [1.82, 2.24) is 20.4 Å². The number of aromatic amines is 1. The number of piperidine rings is 1. The standard InChI is InChI=1S/C23H26N4O/c1-17-6-5-9-20(14-17)22-15-21(25-26-22)19-10-12-27(13-11-19)23(28)24-16-18-7-3-2-4-8-18/h2-9,14-15,19H,10-13,16H2,1H3,(H,24,28)(H,25,26). The van der Waals surface area contributed by atoms with E-state index in [-0.39, 0.29) is 6.03 Å². The lowest BCUT2D eigenvalue weighted by atomic mass is 9.93. The second-order valence-electron chi connectivity index (χ2n) is 7.48. The van der Waals surface area contributed by atoms with Crippen LogP contribution in [-0.2, 0) is 6.54 Å². The first-order chi connectivity index (χ1) is 13.7. The monoisotopic (exact) mass is 374 g/mol. The van der Waals surface area contributed by atoms with E-state index in [1.165, 1.54) is 11.3 Å². The number of H-pyrrole nitrogens is 1. The highest BCUT2D eigenvalue weighted by Gasteiger charge is 2.25. The topological polar surface area (TPSA) is 61.0 Å². The number of rotatable bonds is 4. The summed E-state index contributed by atoms with van der Waals surface area (Å²) in [6.45, 7) is 4.20.